The third-order valence-electron chi connectivity index (χ3n) is 2.78. The van der Waals surface area contributed by atoms with E-state index in [0.717, 1.165) is 12.3 Å². The molecule has 1 rings (SSSR count). The van der Waals surface area contributed by atoms with Crippen molar-refractivity contribution in [2.24, 2.45) is 5.92 Å². The summed E-state index contributed by atoms with van der Waals surface area (Å²) in [5, 5.41) is 11.5. The molecule has 0 aromatic rings. The summed E-state index contributed by atoms with van der Waals surface area (Å²) in [6.07, 6.45) is 4.72. The maximum absolute atomic E-state index is 11.7. The Morgan fingerprint density at radius 3 is 2.65 bits per heavy atom. The zero-order valence-electron chi connectivity index (χ0n) is 10.3. The molecule has 0 aromatic carbocycles. The number of amides is 2. The predicted octanol–water partition coefficient (Wildman–Crippen LogP) is 1.24. The van der Waals surface area contributed by atoms with E-state index in [2.05, 4.69) is 5.32 Å². The predicted molar refractivity (Wildman–Crippen MR) is 68.3 cm³/mol. The highest BCUT2D eigenvalue weighted by Crippen LogP contribution is 2.29. The Balaban J connectivity index is 2.35. The molecule has 1 fully saturated rings. The molecule has 98 valence electrons. The minimum atomic E-state index is -0.966. The number of carbonyl (C=O) groups is 2. The van der Waals surface area contributed by atoms with E-state index in [1.807, 2.05) is 6.26 Å². The normalized spacial score (nSPS) is 16.4. The summed E-state index contributed by atoms with van der Waals surface area (Å²) in [4.78, 5) is 24.3. The van der Waals surface area contributed by atoms with Crippen molar-refractivity contribution in [3.8, 4) is 0 Å². The quantitative estimate of drug-likeness (QED) is 0.722. The number of nitrogens with one attached hydrogen (secondary N) is 1. The average Bonchev–Trinajstić information content (AvgIpc) is 3.07. The van der Waals surface area contributed by atoms with Gasteiger partial charge in [0.15, 0.2) is 0 Å². The monoisotopic (exact) mass is 260 g/mol. The van der Waals surface area contributed by atoms with Gasteiger partial charge < -0.3 is 15.3 Å². The summed E-state index contributed by atoms with van der Waals surface area (Å²) >= 11 is 1.58. The van der Waals surface area contributed by atoms with Crippen molar-refractivity contribution in [1.29, 1.82) is 0 Å². The van der Waals surface area contributed by atoms with Crippen LogP contribution in [0.3, 0.4) is 0 Å². The molecule has 0 heterocycles. The fraction of sp³-hybridized carbons (Fsp3) is 0.818. The van der Waals surface area contributed by atoms with Crippen molar-refractivity contribution in [2.75, 3.05) is 25.6 Å². The maximum atomic E-state index is 11.7. The van der Waals surface area contributed by atoms with E-state index >= 15 is 0 Å². The maximum Gasteiger partial charge on any atom is 0.326 e. The number of carboxylic acid groups (broad SMARTS) is 1. The molecule has 1 atom stereocenters. The van der Waals surface area contributed by atoms with Crippen molar-refractivity contribution in [3.05, 3.63) is 0 Å². The highest BCUT2D eigenvalue weighted by molar-refractivity contribution is 7.98. The van der Waals surface area contributed by atoms with E-state index in [4.69, 9.17) is 5.11 Å². The summed E-state index contributed by atoms with van der Waals surface area (Å²) in [5.41, 5.74) is 0. The number of aliphatic carboxylic acids is 1. The Morgan fingerprint density at radius 1 is 1.53 bits per heavy atom. The van der Waals surface area contributed by atoms with E-state index in [9.17, 15) is 9.59 Å². The van der Waals surface area contributed by atoms with Gasteiger partial charge in [0.1, 0.15) is 6.04 Å². The minimum Gasteiger partial charge on any atom is -0.480 e. The van der Waals surface area contributed by atoms with Crippen molar-refractivity contribution in [2.45, 2.75) is 25.3 Å². The van der Waals surface area contributed by atoms with Crippen LogP contribution >= 0.6 is 11.8 Å². The van der Waals surface area contributed by atoms with E-state index in [1.165, 1.54) is 12.8 Å². The van der Waals surface area contributed by atoms with Crippen molar-refractivity contribution in [3.63, 3.8) is 0 Å². The van der Waals surface area contributed by atoms with Gasteiger partial charge >= 0.3 is 12.0 Å². The topological polar surface area (TPSA) is 69.6 Å². The molecule has 6 heteroatoms. The number of urea groups is 1. The number of hydrogen-bond acceptors (Lipinski definition) is 3. The van der Waals surface area contributed by atoms with Gasteiger partial charge in [0, 0.05) is 13.6 Å². The van der Waals surface area contributed by atoms with Crippen molar-refractivity contribution < 1.29 is 14.7 Å². The fourth-order valence-electron chi connectivity index (χ4n) is 1.52. The summed E-state index contributed by atoms with van der Waals surface area (Å²) < 4.78 is 0. The molecular weight excluding hydrogens is 240 g/mol. The van der Waals surface area contributed by atoms with Crippen molar-refractivity contribution >= 4 is 23.8 Å². The summed E-state index contributed by atoms with van der Waals surface area (Å²) in [5.74, 6) is 0.372. The number of nitrogens with zero attached hydrogens (tertiary/aromatic N) is 1. The van der Waals surface area contributed by atoms with Gasteiger partial charge in [0.2, 0.25) is 0 Å². The molecule has 0 radical (unpaired) electrons. The van der Waals surface area contributed by atoms with Gasteiger partial charge in [-0.1, -0.05) is 0 Å². The molecule has 2 amide bonds. The number of carboxylic acids is 1. The van der Waals surface area contributed by atoms with E-state index in [1.54, 1.807) is 23.7 Å². The van der Waals surface area contributed by atoms with Gasteiger partial charge in [0.25, 0.3) is 0 Å². The van der Waals surface area contributed by atoms with E-state index < -0.39 is 12.0 Å². The number of carbonyl (C=O) groups excluding carboxylic acids is 1. The third kappa shape index (κ3) is 5.30. The molecule has 1 aliphatic rings. The van der Waals surface area contributed by atoms with Crippen LogP contribution in [0.15, 0.2) is 0 Å². The number of rotatable bonds is 7. The van der Waals surface area contributed by atoms with Gasteiger partial charge in [-0.2, -0.15) is 11.8 Å². The van der Waals surface area contributed by atoms with Gasteiger partial charge in [0.05, 0.1) is 0 Å². The molecule has 0 spiro atoms. The molecule has 1 saturated carbocycles. The zero-order chi connectivity index (χ0) is 12.8. The first kappa shape index (κ1) is 14.2. The largest absolute Gasteiger partial charge is 0.480 e. The lowest BCUT2D eigenvalue weighted by Crippen LogP contribution is -2.47. The zero-order valence-corrected chi connectivity index (χ0v) is 11.1. The highest BCUT2D eigenvalue weighted by Gasteiger charge is 2.26. The van der Waals surface area contributed by atoms with Crippen LogP contribution < -0.4 is 5.32 Å². The van der Waals surface area contributed by atoms with Crippen LogP contribution in [-0.4, -0.2) is 53.6 Å². The van der Waals surface area contributed by atoms with E-state index in [-0.39, 0.29) is 6.03 Å². The van der Waals surface area contributed by atoms with Crippen LogP contribution in [0.2, 0.25) is 0 Å². The van der Waals surface area contributed by atoms with Crippen LogP contribution in [-0.2, 0) is 4.79 Å². The highest BCUT2D eigenvalue weighted by atomic mass is 32.2. The Hall–Kier alpha value is -0.910. The summed E-state index contributed by atoms with van der Waals surface area (Å²) in [7, 11) is 1.71. The number of hydrogen-bond donors (Lipinski definition) is 2. The first-order valence-electron chi connectivity index (χ1n) is 5.78. The Morgan fingerprint density at radius 2 is 2.18 bits per heavy atom. The molecule has 0 unspecified atom stereocenters. The molecule has 0 saturated heterocycles. The third-order valence-corrected chi connectivity index (χ3v) is 3.43. The first-order valence-corrected chi connectivity index (χ1v) is 7.17. The Labute approximate surface area is 106 Å². The minimum absolute atomic E-state index is 0.287. The fourth-order valence-corrected chi connectivity index (χ4v) is 1.99. The van der Waals surface area contributed by atoms with Crippen molar-refractivity contribution in [1.82, 2.24) is 10.2 Å². The molecule has 0 bridgehead atoms. The molecule has 1 aliphatic carbocycles. The Kier molecular flexibility index (Phi) is 5.61. The van der Waals surface area contributed by atoms with Gasteiger partial charge in [-0.25, -0.2) is 9.59 Å². The van der Waals surface area contributed by atoms with Gasteiger partial charge in [-0.15, -0.1) is 0 Å². The molecule has 17 heavy (non-hydrogen) atoms. The first-order chi connectivity index (χ1) is 8.04. The standard InChI is InChI=1S/C11H20N2O3S/c1-13(7-8-3-4-8)11(16)12-9(10(14)15)5-6-17-2/h8-9H,3-7H2,1-2H3,(H,12,16)(H,14,15)/t9-/m0/s1. The second-order valence-electron chi connectivity index (χ2n) is 4.45. The molecular formula is C11H20N2O3S. The van der Waals surface area contributed by atoms with Crippen LogP contribution in [0.1, 0.15) is 19.3 Å². The smallest absolute Gasteiger partial charge is 0.326 e. The average molecular weight is 260 g/mol. The lowest BCUT2D eigenvalue weighted by molar-refractivity contribution is -0.139. The van der Waals surface area contributed by atoms with Gasteiger partial charge in [-0.05, 0) is 37.2 Å². The summed E-state index contributed by atoms with van der Waals surface area (Å²) in [6.45, 7) is 0.723. The van der Waals surface area contributed by atoms with E-state index in [0.29, 0.717) is 12.3 Å². The second-order valence-corrected chi connectivity index (χ2v) is 5.43. The lowest BCUT2D eigenvalue weighted by Gasteiger charge is -2.21. The molecule has 5 nitrogen and oxygen atoms in total. The van der Waals surface area contributed by atoms with Crippen LogP contribution in [0.4, 0.5) is 4.79 Å². The van der Waals surface area contributed by atoms with Crippen LogP contribution in [0.25, 0.3) is 0 Å². The Bertz CT molecular complexity index is 282. The summed E-state index contributed by atoms with van der Waals surface area (Å²) in [6, 6.07) is -1.07. The second kappa shape index (κ2) is 6.74. The van der Waals surface area contributed by atoms with Crippen LogP contribution in [0.5, 0.6) is 0 Å². The van der Waals surface area contributed by atoms with Crippen LogP contribution in [0, 0.1) is 5.92 Å². The molecule has 2 N–H and O–H groups in total. The molecule has 0 aromatic heterocycles. The molecule has 0 aliphatic heterocycles. The SMILES string of the molecule is CSCC[C@H](NC(=O)N(C)CC1CC1)C(=O)O. The number of thioether (sulfide) groups is 1. The lowest BCUT2D eigenvalue weighted by atomic mass is 10.2. The van der Waals surface area contributed by atoms with Gasteiger partial charge in [-0.3, -0.25) is 0 Å².